The summed E-state index contributed by atoms with van der Waals surface area (Å²) in [5.74, 6) is -1.45. The van der Waals surface area contributed by atoms with Crippen LogP contribution in [0.15, 0.2) is 23.2 Å². The zero-order valence-corrected chi connectivity index (χ0v) is 11.8. The van der Waals surface area contributed by atoms with E-state index in [1.165, 1.54) is 16.7 Å². The van der Waals surface area contributed by atoms with E-state index in [4.69, 9.17) is 12.2 Å². The normalized spacial score (nSPS) is 17.5. The molecular weight excluding hydrogens is 284 g/mol. The number of carboxylic acid groups (broad SMARTS) is 1. The number of aliphatic carboxylic acids is 1. The van der Waals surface area contributed by atoms with Gasteiger partial charge in [0.15, 0.2) is 0 Å². The van der Waals surface area contributed by atoms with Crippen molar-refractivity contribution in [2.75, 3.05) is 6.54 Å². The minimum absolute atomic E-state index is 0.0531. The van der Waals surface area contributed by atoms with Crippen LogP contribution in [0.4, 0.5) is 0 Å². The third-order valence-electron chi connectivity index (χ3n) is 2.68. The molecule has 1 fully saturated rings. The van der Waals surface area contributed by atoms with E-state index in [9.17, 15) is 14.7 Å². The van der Waals surface area contributed by atoms with Crippen LogP contribution in [0.2, 0.25) is 0 Å². The second-order valence-electron chi connectivity index (χ2n) is 4.00. The molecule has 0 spiro atoms. The summed E-state index contributed by atoms with van der Waals surface area (Å²) >= 11 is 6.26. The molecule has 1 aromatic rings. The van der Waals surface area contributed by atoms with E-state index in [0.717, 1.165) is 5.69 Å². The molecule has 19 heavy (non-hydrogen) atoms. The molecule has 0 atom stereocenters. The van der Waals surface area contributed by atoms with Gasteiger partial charge in [0.1, 0.15) is 4.32 Å². The lowest BCUT2D eigenvalue weighted by Gasteiger charge is -2.14. The highest BCUT2D eigenvalue weighted by Gasteiger charge is 2.31. The highest BCUT2D eigenvalue weighted by Crippen LogP contribution is 2.32. The van der Waals surface area contributed by atoms with Crippen LogP contribution in [0.5, 0.6) is 0 Å². The number of carbonyl (C=O) groups is 2. The molecule has 1 amide bonds. The summed E-state index contributed by atoms with van der Waals surface area (Å²) < 4.78 is 2.26. The van der Waals surface area contributed by atoms with Crippen molar-refractivity contribution in [2.24, 2.45) is 7.05 Å². The lowest BCUT2D eigenvalue weighted by Crippen LogP contribution is -2.33. The Hall–Kier alpha value is -1.60. The Kier molecular flexibility index (Phi) is 4.06. The first-order valence-corrected chi connectivity index (χ1v) is 6.78. The number of carboxylic acids is 1. The monoisotopic (exact) mass is 295 g/mol. The van der Waals surface area contributed by atoms with Gasteiger partial charge in [0.2, 0.25) is 0 Å². The second-order valence-corrected chi connectivity index (χ2v) is 5.68. The molecule has 2 heterocycles. The highest BCUT2D eigenvalue weighted by atomic mass is 32.2. The van der Waals surface area contributed by atoms with E-state index in [-0.39, 0.29) is 18.9 Å². The van der Waals surface area contributed by atoms with Crippen LogP contribution in [0.25, 0.3) is 6.08 Å². The fourth-order valence-corrected chi connectivity index (χ4v) is 2.95. The van der Waals surface area contributed by atoms with Gasteiger partial charge in [-0.3, -0.25) is 9.69 Å². The van der Waals surface area contributed by atoms with Crippen molar-refractivity contribution >= 4 is 46.3 Å². The second kappa shape index (κ2) is 5.58. The van der Waals surface area contributed by atoms with Gasteiger partial charge in [-0.2, -0.15) is 0 Å². The summed E-state index contributed by atoms with van der Waals surface area (Å²) in [7, 11) is 1.88. The molecule has 0 bridgehead atoms. The quantitative estimate of drug-likeness (QED) is 0.593. The van der Waals surface area contributed by atoms with Crippen molar-refractivity contribution in [3.05, 3.63) is 28.9 Å². The van der Waals surface area contributed by atoms with Gasteiger partial charge in [-0.1, -0.05) is 24.0 Å². The largest absolute Gasteiger partial charge is 0.550 e. The molecule has 0 aromatic carbocycles. The van der Waals surface area contributed by atoms with Crippen molar-refractivity contribution in [2.45, 2.75) is 6.42 Å². The number of amides is 1. The molecule has 2 rings (SSSR count). The number of hydrogen-bond acceptors (Lipinski definition) is 5. The Morgan fingerprint density at radius 1 is 1.58 bits per heavy atom. The number of thiocarbonyl (C=S) groups is 1. The molecule has 1 aromatic heterocycles. The lowest BCUT2D eigenvalue weighted by molar-refractivity contribution is -0.305. The van der Waals surface area contributed by atoms with Crippen molar-refractivity contribution < 1.29 is 14.7 Å². The highest BCUT2D eigenvalue weighted by molar-refractivity contribution is 8.26. The third kappa shape index (κ3) is 3.05. The molecular formula is C12H11N2O3S2-. The molecule has 1 aliphatic rings. The van der Waals surface area contributed by atoms with Crippen molar-refractivity contribution in [1.29, 1.82) is 0 Å². The number of hydrogen-bond donors (Lipinski definition) is 0. The fraction of sp³-hybridized carbons (Fsp3) is 0.250. The Bertz CT molecular complexity index is 577. The first kappa shape index (κ1) is 13.8. The average Bonchev–Trinajstić information content (AvgIpc) is 2.84. The summed E-state index contributed by atoms with van der Waals surface area (Å²) in [6.45, 7) is 0.0531. The Labute approximate surface area is 119 Å². The molecule has 1 aliphatic heterocycles. The molecule has 5 nitrogen and oxygen atoms in total. The molecule has 0 radical (unpaired) electrons. The van der Waals surface area contributed by atoms with Crippen molar-refractivity contribution in [1.82, 2.24) is 9.47 Å². The Morgan fingerprint density at radius 2 is 2.32 bits per heavy atom. The van der Waals surface area contributed by atoms with Gasteiger partial charge in [0.05, 0.1) is 4.91 Å². The number of carbonyl (C=O) groups excluding carboxylic acids is 2. The van der Waals surface area contributed by atoms with Gasteiger partial charge in [-0.15, -0.1) is 0 Å². The van der Waals surface area contributed by atoms with E-state index >= 15 is 0 Å². The smallest absolute Gasteiger partial charge is 0.266 e. The molecule has 7 heteroatoms. The van der Waals surface area contributed by atoms with E-state index in [0.29, 0.717) is 9.23 Å². The Morgan fingerprint density at radius 3 is 2.89 bits per heavy atom. The fourth-order valence-electron chi connectivity index (χ4n) is 1.65. The minimum Gasteiger partial charge on any atom is -0.550 e. The van der Waals surface area contributed by atoms with Crippen molar-refractivity contribution in [3.63, 3.8) is 0 Å². The minimum atomic E-state index is -1.19. The van der Waals surface area contributed by atoms with Gasteiger partial charge < -0.3 is 14.5 Å². The molecule has 0 saturated carbocycles. The zero-order chi connectivity index (χ0) is 14.0. The number of aromatic nitrogens is 1. The third-order valence-corrected chi connectivity index (χ3v) is 4.05. The first-order valence-electron chi connectivity index (χ1n) is 5.55. The summed E-state index contributed by atoms with van der Waals surface area (Å²) in [5.41, 5.74) is 0.889. The van der Waals surface area contributed by atoms with Crippen LogP contribution in [0.1, 0.15) is 12.1 Å². The van der Waals surface area contributed by atoms with E-state index in [2.05, 4.69) is 0 Å². The number of thioether (sulfide) groups is 1. The zero-order valence-electron chi connectivity index (χ0n) is 10.2. The standard InChI is InChI=1S/C12H12N2O3S2/c1-13-5-2-3-8(13)7-9-11(17)14(12(18)19-9)6-4-10(15)16/h2-3,5,7H,4,6H2,1H3,(H,15,16)/p-1/b9-7+. The summed E-state index contributed by atoms with van der Waals surface area (Å²) in [6, 6.07) is 3.76. The van der Waals surface area contributed by atoms with E-state index in [1.54, 1.807) is 6.08 Å². The van der Waals surface area contributed by atoms with Crippen LogP contribution in [0, 0.1) is 0 Å². The predicted molar refractivity (Wildman–Crippen MR) is 74.9 cm³/mol. The van der Waals surface area contributed by atoms with Crippen LogP contribution in [-0.4, -0.2) is 32.2 Å². The summed E-state index contributed by atoms with van der Waals surface area (Å²) in [5, 5.41) is 10.4. The van der Waals surface area contributed by atoms with Gasteiger partial charge in [-0.25, -0.2) is 0 Å². The maximum atomic E-state index is 12.1. The van der Waals surface area contributed by atoms with Crippen LogP contribution in [0.3, 0.4) is 0 Å². The molecule has 1 saturated heterocycles. The number of nitrogens with zero attached hydrogens (tertiary/aromatic N) is 2. The predicted octanol–water partition coefficient (Wildman–Crippen LogP) is 0.366. The molecule has 0 N–H and O–H groups in total. The topological polar surface area (TPSA) is 65.4 Å². The summed E-state index contributed by atoms with van der Waals surface area (Å²) in [6.07, 6.45) is 3.41. The number of rotatable bonds is 4. The van der Waals surface area contributed by atoms with Gasteiger partial charge in [0, 0.05) is 37.9 Å². The molecule has 0 aliphatic carbocycles. The Balaban J connectivity index is 2.16. The first-order chi connectivity index (χ1) is 8.99. The average molecular weight is 295 g/mol. The maximum absolute atomic E-state index is 12.1. The van der Waals surface area contributed by atoms with E-state index in [1.807, 2.05) is 29.9 Å². The SMILES string of the molecule is Cn1cccc1/C=C1/SC(=S)N(CCC(=O)[O-])C1=O. The van der Waals surface area contributed by atoms with Crippen molar-refractivity contribution in [3.8, 4) is 0 Å². The van der Waals surface area contributed by atoms with Gasteiger partial charge in [-0.05, 0) is 18.2 Å². The van der Waals surface area contributed by atoms with Crippen LogP contribution in [-0.2, 0) is 16.6 Å². The lowest BCUT2D eigenvalue weighted by atomic mass is 10.3. The maximum Gasteiger partial charge on any atom is 0.266 e. The summed E-state index contributed by atoms with van der Waals surface area (Å²) in [4.78, 5) is 24.3. The van der Waals surface area contributed by atoms with E-state index < -0.39 is 5.97 Å². The van der Waals surface area contributed by atoms with Crippen LogP contribution < -0.4 is 5.11 Å². The van der Waals surface area contributed by atoms with Crippen LogP contribution >= 0.6 is 24.0 Å². The molecule has 100 valence electrons. The molecule has 0 unspecified atom stereocenters. The van der Waals surface area contributed by atoms with Gasteiger partial charge >= 0.3 is 0 Å². The van der Waals surface area contributed by atoms with Gasteiger partial charge in [0.25, 0.3) is 5.91 Å². The number of aryl methyl sites for hydroxylation is 1.